The predicted octanol–water partition coefficient (Wildman–Crippen LogP) is 0.672. The number of primary amides is 1. The van der Waals surface area contributed by atoms with Crippen LogP contribution in [0.4, 0.5) is 10.1 Å². The number of carbonyl (C=O) groups excluding carboxylic acids is 2. The maximum atomic E-state index is 13.1. The van der Waals surface area contributed by atoms with Crippen LogP contribution in [0, 0.1) is 11.7 Å². The molecule has 1 aromatic carbocycles. The van der Waals surface area contributed by atoms with Gasteiger partial charge in [-0.2, -0.15) is 0 Å². The van der Waals surface area contributed by atoms with Crippen molar-refractivity contribution in [2.45, 2.75) is 6.42 Å². The Kier molecular flexibility index (Phi) is 3.18. The lowest BCUT2D eigenvalue weighted by Crippen LogP contribution is -2.28. The summed E-state index contributed by atoms with van der Waals surface area (Å²) in [6.07, 6.45) is 0.0792. The number of methoxy groups -OCH3 is 1. The van der Waals surface area contributed by atoms with Crippen LogP contribution in [0.1, 0.15) is 6.42 Å². The van der Waals surface area contributed by atoms with Crippen LogP contribution in [0.2, 0.25) is 0 Å². The van der Waals surface area contributed by atoms with Gasteiger partial charge >= 0.3 is 0 Å². The highest BCUT2D eigenvalue weighted by molar-refractivity contribution is 6.01. The van der Waals surface area contributed by atoms with Crippen molar-refractivity contribution in [3.05, 3.63) is 24.0 Å². The van der Waals surface area contributed by atoms with Crippen molar-refractivity contribution in [1.82, 2.24) is 0 Å². The van der Waals surface area contributed by atoms with Crippen LogP contribution in [-0.4, -0.2) is 25.5 Å². The minimum absolute atomic E-state index is 0.0792. The van der Waals surface area contributed by atoms with Crippen molar-refractivity contribution in [2.24, 2.45) is 11.7 Å². The molecule has 6 heteroatoms. The molecule has 1 aliphatic heterocycles. The monoisotopic (exact) mass is 252 g/mol. The van der Waals surface area contributed by atoms with Gasteiger partial charge in [0.2, 0.25) is 11.8 Å². The van der Waals surface area contributed by atoms with Crippen LogP contribution in [0.3, 0.4) is 0 Å². The van der Waals surface area contributed by atoms with Crippen LogP contribution in [0.15, 0.2) is 18.2 Å². The van der Waals surface area contributed by atoms with Crippen LogP contribution < -0.4 is 15.4 Å². The fourth-order valence-electron chi connectivity index (χ4n) is 2.01. The molecule has 1 aliphatic rings. The molecule has 0 aromatic heterocycles. The Bertz CT molecular complexity index is 504. The third-order valence-corrected chi connectivity index (χ3v) is 2.96. The van der Waals surface area contributed by atoms with Crippen LogP contribution in [0.25, 0.3) is 0 Å². The van der Waals surface area contributed by atoms with Crippen molar-refractivity contribution in [2.75, 3.05) is 18.6 Å². The highest BCUT2D eigenvalue weighted by atomic mass is 19.1. The van der Waals surface area contributed by atoms with Gasteiger partial charge in [-0.15, -0.1) is 0 Å². The number of benzene rings is 1. The number of carbonyl (C=O) groups is 2. The lowest BCUT2D eigenvalue weighted by Gasteiger charge is -2.19. The van der Waals surface area contributed by atoms with Crippen molar-refractivity contribution in [1.29, 1.82) is 0 Å². The number of rotatable bonds is 3. The normalized spacial score (nSPS) is 19.1. The molecule has 2 rings (SSSR count). The van der Waals surface area contributed by atoms with Gasteiger partial charge in [0.15, 0.2) is 0 Å². The third-order valence-electron chi connectivity index (χ3n) is 2.96. The van der Waals surface area contributed by atoms with Crippen molar-refractivity contribution < 1.29 is 18.7 Å². The van der Waals surface area contributed by atoms with Crippen molar-refractivity contribution >= 4 is 17.5 Å². The number of hydrogen-bond donors (Lipinski definition) is 1. The fraction of sp³-hybridized carbons (Fsp3) is 0.333. The van der Waals surface area contributed by atoms with Gasteiger partial charge in [0, 0.05) is 19.0 Å². The van der Waals surface area contributed by atoms with E-state index in [4.69, 9.17) is 10.5 Å². The molecule has 96 valence electrons. The Hall–Kier alpha value is -2.11. The van der Waals surface area contributed by atoms with E-state index < -0.39 is 17.6 Å². The number of hydrogen-bond acceptors (Lipinski definition) is 3. The maximum Gasteiger partial charge on any atom is 0.227 e. The Morgan fingerprint density at radius 3 is 2.83 bits per heavy atom. The number of nitrogens with zero attached hydrogens (tertiary/aromatic N) is 1. The summed E-state index contributed by atoms with van der Waals surface area (Å²) in [6, 6.07) is 3.89. The molecule has 1 atom stereocenters. The standard InChI is InChI=1S/C12H13FN2O3/c1-18-10-5-8(13)2-3-9(10)15-6-7(12(14)17)4-11(15)16/h2-3,5,7H,4,6H2,1H3,(H2,14,17). The molecular weight excluding hydrogens is 239 g/mol. The first-order valence-electron chi connectivity index (χ1n) is 5.46. The molecule has 0 radical (unpaired) electrons. The van der Waals surface area contributed by atoms with E-state index in [0.717, 1.165) is 0 Å². The molecule has 5 nitrogen and oxygen atoms in total. The summed E-state index contributed by atoms with van der Waals surface area (Å²) in [5.74, 6) is -1.43. The van der Waals surface area contributed by atoms with Crippen LogP contribution in [0.5, 0.6) is 5.75 Å². The van der Waals surface area contributed by atoms with E-state index in [1.165, 1.54) is 30.2 Å². The Morgan fingerprint density at radius 2 is 2.28 bits per heavy atom. The molecule has 0 spiro atoms. The lowest BCUT2D eigenvalue weighted by molar-refractivity contribution is -0.123. The summed E-state index contributed by atoms with van der Waals surface area (Å²) in [6.45, 7) is 0.205. The zero-order valence-corrected chi connectivity index (χ0v) is 9.85. The molecule has 0 bridgehead atoms. The molecule has 0 saturated carbocycles. The molecule has 2 amide bonds. The van der Waals surface area contributed by atoms with Gasteiger partial charge in [0.1, 0.15) is 11.6 Å². The van der Waals surface area contributed by atoms with E-state index >= 15 is 0 Å². The summed E-state index contributed by atoms with van der Waals surface area (Å²) in [7, 11) is 1.39. The smallest absolute Gasteiger partial charge is 0.227 e. The lowest BCUT2D eigenvalue weighted by atomic mass is 10.1. The maximum absolute atomic E-state index is 13.1. The minimum atomic E-state index is -0.507. The summed E-state index contributed by atoms with van der Waals surface area (Å²) in [4.78, 5) is 24.3. The van der Waals surface area contributed by atoms with E-state index in [9.17, 15) is 14.0 Å². The molecule has 2 N–H and O–H groups in total. The molecule has 18 heavy (non-hydrogen) atoms. The van der Waals surface area contributed by atoms with Gasteiger partial charge in [-0.25, -0.2) is 4.39 Å². The van der Waals surface area contributed by atoms with Gasteiger partial charge in [-0.05, 0) is 12.1 Å². The van der Waals surface area contributed by atoms with E-state index in [2.05, 4.69) is 0 Å². The number of nitrogens with two attached hydrogens (primary N) is 1. The molecule has 1 aromatic rings. The van der Waals surface area contributed by atoms with E-state index in [1.807, 2.05) is 0 Å². The first-order valence-corrected chi connectivity index (χ1v) is 5.46. The Labute approximate surface area is 103 Å². The highest BCUT2D eigenvalue weighted by Gasteiger charge is 2.35. The number of anilines is 1. The number of halogens is 1. The summed E-state index contributed by atoms with van der Waals surface area (Å²) >= 11 is 0. The van der Waals surface area contributed by atoms with E-state index in [0.29, 0.717) is 5.69 Å². The average molecular weight is 252 g/mol. The molecule has 1 unspecified atom stereocenters. The average Bonchev–Trinajstić information content (AvgIpc) is 2.71. The second kappa shape index (κ2) is 4.64. The predicted molar refractivity (Wildman–Crippen MR) is 62.6 cm³/mol. The number of ether oxygens (including phenoxy) is 1. The topological polar surface area (TPSA) is 72.6 Å². The fourth-order valence-corrected chi connectivity index (χ4v) is 2.01. The van der Waals surface area contributed by atoms with Gasteiger partial charge in [0.05, 0.1) is 18.7 Å². The van der Waals surface area contributed by atoms with Crippen molar-refractivity contribution in [3.8, 4) is 5.75 Å². The first-order chi connectivity index (χ1) is 8.52. The number of amides is 2. The zero-order chi connectivity index (χ0) is 13.3. The van der Waals surface area contributed by atoms with E-state index in [1.54, 1.807) is 0 Å². The first kappa shape index (κ1) is 12.3. The third kappa shape index (κ3) is 2.13. The minimum Gasteiger partial charge on any atom is -0.494 e. The molecular formula is C12H13FN2O3. The SMILES string of the molecule is COc1cc(F)ccc1N1CC(C(N)=O)CC1=O. The molecule has 1 heterocycles. The van der Waals surface area contributed by atoms with Crippen molar-refractivity contribution in [3.63, 3.8) is 0 Å². The molecule has 1 fully saturated rings. The van der Waals surface area contributed by atoms with Crippen LogP contribution in [-0.2, 0) is 9.59 Å². The van der Waals surface area contributed by atoms with Gasteiger partial charge in [-0.3, -0.25) is 9.59 Å². The van der Waals surface area contributed by atoms with Gasteiger partial charge in [0.25, 0.3) is 0 Å². The van der Waals surface area contributed by atoms with Gasteiger partial charge < -0.3 is 15.4 Å². The van der Waals surface area contributed by atoms with Gasteiger partial charge in [-0.1, -0.05) is 0 Å². The zero-order valence-electron chi connectivity index (χ0n) is 9.85. The summed E-state index contributed by atoms with van der Waals surface area (Å²) in [5, 5.41) is 0. The quantitative estimate of drug-likeness (QED) is 0.859. The second-order valence-corrected chi connectivity index (χ2v) is 4.12. The largest absolute Gasteiger partial charge is 0.494 e. The summed E-state index contributed by atoms with van der Waals surface area (Å²) in [5.41, 5.74) is 5.64. The molecule has 0 aliphatic carbocycles. The highest BCUT2D eigenvalue weighted by Crippen LogP contribution is 2.33. The Balaban J connectivity index is 2.32. The second-order valence-electron chi connectivity index (χ2n) is 4.12. The molecule has 1 saturated heterocycles. The Morgan fingerprint density at radius 1 is 1.56 bits per heavy atom. The summed E-state index contributed by atoms with van der Waals surface area (Å²) < 4.78 is 18.1. The van der Waals surface area contributed by atoms with Crippen LogP contribution >= 0.6 is 0 Å². The van der Waals surface area contributed by atoms with E-state index in [-0.39, 0.29) is 24.6 Å².